The van der Waals surface area contributed by atoms with Gasteiger partial charge in [-0.3, -0.25) is 9.59 Å². The van der Waals surface area contributed by atoms with Crippen molar-refractivity contribution in [1.82, 2.24) is 4.90 Å². The third-order valence-corrected chi connectivity index (χ3v) is 4.68. The second-order valence-corrected chi connectivity index (χ2v) is 6.85. The van der Waals surface area contributed by atoms with Gasteiger partial charge in [-0.15, -0.1) is 11.8 Å². The maximum absolute atomic E-state index is 13.1. The first-order valence-corrected chi connectivity index (χ1v) is 9.01. The Balaban J connectivity index is 1.83. The summed E-state index contributed by atoms with van der Waals surface area (Å²) in [5, 5.41) is 2.72. The standard InChI is InChI=1S/C18H18ClFN2O3S/c1-22(10-17(23)21-12-4-3-5-13(8-12)25-2)18(24)11-26-14-6-7-16(20)15(19)9-14/h3-9H,10-11H2,1-2H3,(H,21,23). The Morgan fingerprint density at radius 3 is 2.73 bits per heavy atom. The molecular formula is C18H18ClFN2O3S. The van der Waals surface area contributed by atoms with E-state index in [1.807, 2.05) is 0 Å². The summed E-state index contributed by atoms with van der Waals surface area (Å²) < 4.78 is 18.2. The van der Waals surface area contributed by atoms with Gasteiger partial charge in [-0.05, 0) is 30.3 Å². The molecule has 8 heteroatoms. The molecule has 0 aliphatic heterocycles. The van der Waals surface area contributed by atoms with Crippen LogP contribution in [0, 0.1) is 5.82 Å². The quantitative estimate of drug-likeness (QED) is 0.725. The zero-order valence-electron chi connectivity index (χ0n) is 14.3. The number of hydrogen-bond acceptors (Lipinski definition) is 4. The van der Waals surface area contributed by atoms with Crippen molar-refractivity contribution in [2.75, 3.05) is 31.8 Å². The van der Waals surface area contributed by atoms with Gasteiger partial charge in [0.05, 0.1) is 24.4 Å². The number of nitrogens with one attached hydrogen (secondary N) is 1. The summed E-state index contributed by atoms with van der Waals surface area (Å²) in [5.74, 6) is -0.305. The Kier molecular flexibility index (Phi) is 7.29. The molecule has 2 aromatic rings. The van der Waals surface area contributed by atoms with Crippen LogP contribution >= 0.6 is 23.4 Å². The highest BCUT2D eigenvalue weighted by Gasteiger charge is 2.14. The zero-order valence-corrected chi connectivity index (χ0v) is 15.9. The van der Waals surface area contributed by atoms with Crippen LogP contribution in [0.1, 0.15) is 0 Å². The minimum Gasteiger partial charge on any atom is -0.497 e. The fraction of sp³-hybridized carbons (Fsp3) is 0.222. The highest BCUT2D eigenvalue weighted by molar-refractivity contribution is 8.00. The lowest BCUT2D eigenvalue weighted by Gasteiger charge is -2.17. The van der Waals surface area contributed by atoms with Gasteiger partial charge in [0, 0.05) is 23.7 Å². The van der Waals surface area contributed by atoms with Crippen molar-refractivity contribution in [2.24, 2.45) is 0 Å². The summed E-state index contributed by atoms with van der Waals surface area (Å²) in [5.41, 5.74) is 0.588. The number of hydrogen-bond donors (Lipinski definition) is 1. The zero-order chi connectivity index (χ0) is 19.1. The molecule has 0 radical (unpaired) electrons. The van der Waals surface area contributed by atoms with Gasteiger partial charge in [0.15, 0.2) is 0 Å². The molecule has 0 unspecified atom stereocenters. The fourth-order valence-electron chi connectivity index (χ4n) is 2.03. The van der Waals surface area contributed by atoms with Crippen molar-refractivity contribution in [3.05, 3.63) is 53.3 Å². The number of rotatable bonds is 7. The van der Waals surface area contributed by atoms with Crippen molar-refractivity contribution in [3.63, 3.8) is 0 Å². The van der Waals surface area contributed by atoms with Crippen LogP contribution in [-0.2, 0) is 9.59 Å². The second-order valence-electron chi connectivity index (χ2n) is 5.39. The lowest BCUT2D eigenvalue weighted by Crippen LogP contribution is -2.35. The Labute approximate surface area is 160 Å². The average molecular weight is 397 g/mol. The molecule has 26 heavy (non-hydrogen) atoms. The van der Waals surface area contributed by atoms with Crippen LogP contribution in [0.25, 0.3) is 0 Å². The number of anilines is 1. The predicted molar refractivity (Wildman–Crippen MR) is 101 cm³/mol. The van der Waals surface area contributed by atoms with E-state index in [9.17, 15) is 14.0 Å². The Bertz CT molecular complexity index is 804. The van der Waals surface area contributed by atoms with Gasteiger partial charge in [-0.25, -0.2) is 4.39 Å². The highest BCUT2D eigenvalue weighted by Crippen LogP contribution is 2.24. The topological polar surface area (TPSA) is 58.6 Å². The third-order valence-electron chi connectivity index (χ3n) is 3.41. The van der Waals surface area contributed by atoms with Crippen molar-refractivity contribution in [1.29, 1.82) is 0 Å². The van der Waals surface area contributed by atoms with Gasteiger partial charge in [-0.1, -0.05) is 17.7 Å². The summed E-state index contributed by atoms with van der Waals surface area (Å²) in [6.07, 6.45) is 0. The molecule has 1 N–H and O–H groups in total. The van der Waals surface area contributed by atoms with E-state index >= 15 is 0 Å². The molecule has 0 aromatic heterocycles. The Morgan fingerprint density at radius 1 is 1.27 bits per heavy atom. The van der Waals surface area contributed by atoms with E-state index in [1.165, 1.54) is 28.8 Å². The molecule has 0 aliphatic rings. The first-order valence-electron chi connectivity index (χ1n) is 7.64. The largest absolute Gasteiger partial charge is 0.497 e. The van der Waals surface area contributed by atoms with Crippen LogP contribution in [0.15, 0.2) is 47.4 Å². The molecule has 0 bridgehead atoms. The van der Waals surface area contributed by atoms with E-state index in [1.54, 1.807) is 44.5 Å². The Morgan fingerprint density at radius 2 is 2.04 bits per heavy atom. The summed E-state index contributed by atoms with van der Waals surface area (Å²) in [7, 11) is 3.09. The van der Waals surface area contributed by atoms with E-state index in [0.717, 1.165) is 0 Å². The number of carbonyl (C=O) groups is 2. The molecular weight excluding hydrogens is 379 g/mol. The molecule has 2 rings (SSSR count). The summed E-state index contributed by atoms with van der Waals surface area (Å²) >= 11 is 6.94. The lowest BCUT2D eigenvalue weighted by molar-refractivity contribution is -0.131. The minimum absolute atomic E-state index is 0.00784. The number of thioether (sulfide) groups is 1. The van der Waals surface area contributed by atoms with Crippen LogP contribution in [0.2, 0.25) is 5.02 Å². The third kappa shape index (κ3) is 5.93. The van der Waals surface area contributed by atoms with Gasteiger partial charge < -0.3 is 15.0 Å². The van der Waals surface area contributed by atoms with Crippen LogP contribution in [0.3, 0.4) is 0 Å². The van der Waals surface area contributed by atoms with E-state index in [4.69, 9.17) is 16.3 Å². The first kappa shape index (κ1) is 20.1. The first-order chi connectivity index (χ1) is 12.4. The number of carbonyl (C=O) groups excluding carboxylic acids is 2. The number of nitrogens with zero attached hydrogens (tertiary/aromatic N) is 1. The molecule has 0 saturated heterocycles. The van der Waals surface area contributed by atoms with E-state index in [2.05, 4.69) is 5.32 Å². The normalized spacial score (nSPS) is 10.3. The SMILES string of the molecule is COc1cccc(NC(=O)CN(C)C(=O)CSc2ccc(F)c(Cl)c2)c1. The molecule has 2 amide bonds. The minimum atomic E-state index is -0.506. The van der Waals surface area contributed by atoms with Crippen molar-refractivity contribution in [3.8, 4) is 5.75 Å². The van der Waals surface area contributed by atoms with Gasteiger partial charge in [0.25, 0.3) is 0 Å². The smallest absolute Gasteiger partial charge is 0.243 e. The molecule has 5 nitrogen and oxygen atoms in total. The highest BCUT2D eigenvalue weighted by atomic mass is 35.5. The number of ether oxygens (including phenoxy) is 1. The maximum Gasteiger partial charge on any atom is 0.243 e. The molecule has 0 heterocycles. The number of halogens is 2. The van der Waals surface area contributed by atoms with Gasteiger partial charge in [-0.2, -0.15) is 0 Å². The monoisotopic (exact) mass is 396 g/mol. The summed E-state index contributed by atoms with van der Waals surface area (Å²) in [6.45, 7) is -0.0826. The predicted octanol–water partition coefficient (Wildman–Crippen LogP) is 3.68. The van der Waals surface area contributed by atoms with Crippen molar-refractivity contribution >= 4 is 40.9 Å². The average Bonchev–Trinajstić information content (AvgIpc) is 2.62. The molecule has 0 spiro atoms. The summed E-state index contributed by atoms with van der Waals surface area (Å²) in [4.78, 5) is 26.2. The lowest BCUT2D eigenvalue weighted by atomic mass is 10.3. The summed E-state index contributed by atoms with van der Waals surface area (Å²) in [6, 6.07) is 11.2. The van der Waals surface area contributed by atoms with Crippen LogP contribution < -0.4 is 10.1 Å². The molecule has 2 aromatic carbocycles. The fourth-order valence-corrected chi connectivity index (χ4v) is 3.15. The van der Waals surface area contributed by atoms with Crippen molar-refractivity contribution < 1.29 is 18.7 Å². The van der Waals surface area contributed by atoms with Crippen LogP contribution in [0.4, 0.5) is 10.1 Å². The van der Waals surface area contributed by atoms with E-state index in [0.29, 0.717) is 16.3 Å². The van der Waals surface area contributed by atoms with Gasteiger partial charge >= 0.3 is 0 Å². The molecule has 0 saturated carbocycles. The second kappa shape index (κ2) is 9.45. The van der Waals surface area contributed by atoms with Crippen LogP contribution in [-0.4, -0.2) is 43.2 Å². The van der Waals surface area contributed by atoms with Crippen LogP contribution in [0.5, 0.6) is 5.75 Å². The van der Waals surface area contributed by atoms with Gasteiger partial charge in [0.2, 0.25) is 11.8 Å². The van der Waals surface area contributed by atoms with E-state index in [-0.39, 0.29) is 29.1 Å². The molecule has 0 aliphatic carbocycles. The molecule has 0 fully saturated rings. The number of methoxy groups -OCH3 is 1. The molecule has 138 valence electrons. The van der Waals surface area contributed by atoms with Gasteiger partial charge in [0.1, 0.15) is 11.6 Å². The Hall–Kier alpha value is -2.25. The number of benzene rings is 2. The van der Waals surface area contributed by atoms with E-state index < -0.39 is 5.82 Å². The maximum atomic E-state index is 13.1. The number of amides is 2. The van der Waals surface area contributed by atoms with Crippen molar-refractivity contribution in [2.45, 2.75) is 4.90 Å². The number of likely N-dealkylation sites (N-methyl/N-ethyl adjacent to an activating group) is 1. The molecule has 0 atom stereocenters.